The largest absolute Gasteiger partial charge is 0.352 e. The van der Waals surface area contributed by atoms with Crippen molar-refractivity contribution in [3.63, 3.8) is 0 Å². The van der Waals surface area contributed by atoms with E-state index in [0.717, 1.165) is 32.4 Å². The Kier molecular flexibility index (Phi) is 5.05. The number of hydrogen-bond acceptors (Lipinski definition) is 3. The van der Waals surface area contributed by atoms with Crippen LogP contribution >= 0.6 is 0 Å². The van der Waals surface area contributed by atoms with Gasteiger partial charge in [-0.05, 0) is 53.4 Å². The standard InChI is InChI=1S/C11H23N3O/c1-9(6-8-14(2)3)13-11(15)10-5-4-7-12-10/h9-10,12H,4-8H2,1-3H3,(H,13,15)/t9?,10-/m0/s1. The summed E-state index contributed by atoms with van der Waals surface area (Å²) in [5.74, 6) is 0.166. The Labute approximate surface area is 92.4 Å². The van der Waals surface area contributed by atoms with Crippen LogP contribution in [0.25, 0.3) is 0 Å². The van der Waals surface area contributed by atoms with Crippen LogP contribution in [0.5, 0.6) is 0 Å². The molecule has 0 aromatic carbocycles. The molecular formula is C11H23N3O. The third-order valence-corrected chi connectivity index (χ3v) is 2.77. The minimum absolute atomic E-state index is 0.0480. The number of amides is 1. The van der Waals surface area contributed by atoms with E-state index in [0.29, 0.717) is 0 Å². The summed E-state index contributed by atoms with van der Waals surface area (Å²) in [7, 11) is 4.10. The van der Waals surface area contributed by atoms with Crippen molar-refractivity contribution in [1.82, 2.24) is 15.5 Å². The lowest BCUT2D eigenvalue weighted by Crippen LogP contribution is -2.44. The summed E-state index contributed by atoms with van der Waals surface area (Å²) in [5.41, 5.74) is 0. The highest BCUT2D eigenvalue weighted by atomic mass is 16.2. The Balaban J connectivity index is 2.18. The highest BCUT2D eigenvalue weighted by Gasteiger charge is 2.22. The normalized spacial score (nSPS) is 23.1. The number of hydrogen-bond donors (Lipinski definition) is 2. The molecule has 1 heterocycles. The predicted octanol–water partition coefficient (Wildman–Crippen LogP) is 0.195. The van der Waals surface area contributed by atoms with Gasteiger partial charge in [-0.2, -0.15) is 0 Å². The minimum Gasteiger partial charge on any atom is -0.352 e. The van der Waals surface area contributed by atoms with Crippen molar-refractivity contribution in [1.29, 1.82) is 0 Å². The molecule has 1 unspecified atom stereocenters. The maximum absolute atomic E-state index is 11.7. The average molecular weight is 213 g/mol. The molecule has 2 atom stereocenters. The van der Waals surface area contributed by atoms with E-state index >= 15 is 0 Å². The van der Waals surface area contributed by atoms with Gasteiger partial charge in [0.2, 0.25) is 5.91 Å². The number of nitrogens with zero attached hydrogens (tertiary/aromatic N) is 1. The SMILES string of the molecule is CC(CCN(C)C)NC(=O)[C@@H]1CCCN1. The fraction of sp³-hybridized carbons (Fsp3) is 0.909. The summed E-state index contributed by atoms with van der Waals surface area (Å²) in [5, 5.41) is 6.25. The van der Waals surface area contributed by atoms with Crippen LogP contribution in [-0.2, 0) is 4.79 Å². The lowest BCUT2D eigenvalue weighted by atomic mass is 10.2. The molecule has 1 saturated heterocycles. The van der Waals surface area contributed by atoms with E-state index in [4.69, 9.17) is 0 Å². The van der Waals surface area contributed by atoms with E-state index < -0.39 is 0 Å². The zero-order valence-electron chi connectivity index (χ0n) is 10.0. The zero-order valence-corrected chi connectivity index (χ0v) is 10.0. The van der Waals surface area contributed by atoms with Crippen molar-refractivity contribution >= 4 is 5.91 Å². The molecule has 4 heteroatoms. The van der Waals surface area contributed by atoms with Crippen molar-refractivity contribution in [2.75, 3.05) is 27.2 Å². The molecule has 1 aliphatic heterocycles. The molecule has 0 aromatic heterocycles. The van der Waals surface area contributed by atoms with Crippen molar-refractivity contribution in [3.05, 3.63) is 0 Å². The molecular weight excluding hydrogens is 190 g/mol. The molecule has 1 amide bonds. The maximum Gasteiger partial charge on any atom is 0.237 e. The summed E-state index contributed by atoms with van der Waals surface area (Å²) >= 11 is 0. The summed E-state index contributed by atoms with van der Waals surface area (Å²) in [6.07, 6.45) is 3.10. The van der Waals surface area contributed by atoms with Gasteiger partial charge in [0.1, 0.15) is 0 Å². The highest BCUT2D eigenvalue weighted by molar-refractivity contribution is 5.82. The van der Waals surface area contributed by atoms with E-state index in [1.807, 2.05) is 14.1 Å². The molecule has 0 aromatic rings. The summed E-state index contributed by atoms with van der Waals surface area (Å²) in [6.45, 7) is 4.06. The van der Waals surface area contributed by atoms with Crippen LogP contribution in [0.4, 0.5) is 0 Å². The van der Waals surface area contributed by atoms with Gasteiger partial charge in [0, 0.05) is 6.04 Å². The Morgan fingerprint density at radius 3 is 2.87 bits per heavy atom. The summed E-state index contributed by atoms with van der Waals surface area (Å²) < 4.78 is 0. The number of carbonyl (C=O) groups excluding carboxylic acids is 1. The first-order chi connectivity index (χ1) is 7.09. The Hall–Kier alpha value is -0.610. The van der Waals surface area contributed by atoms with Gasteiger partial charge in [0.15, 0.2) is 0 Å². The predicted molar refractivity (Wildman–Crippen MR) is 61.8 cm³/mol. The first-order valence-corrected chi connectivity index (χ1v) is 5.78. The van der Waals surface area contributed by atoms with Crippen LogP contribution in [0.2, 0.25) is 0 Å². The number of rotatable bonds is 5. The highest BCUT2D eigenvalue weighted by Crippen LogP contribution is 2.05. The topological polar surface area (TPSA) is 44.4 Å². The third-order valence-electron chi connectivity index (χ3n) is 2.77. The van der Waals surface area contributed by atoms with Gasteiger partial charge in [-0.15, -0.1) is 0 Å². The molecule has 1 fully saturated rings. The Morgan fingerprint density at radius 2 is 2.33 bits per heavy atom. The molecule has 0 bridgehead atoms. The van der Waals surface area contributed by atoms with Crippen molar-refractivity contribution in [2.45, 2.75) is 38.3 Å². The monoisotopic (exact) mass is 213 g/mol. The van der Waals surface area contributed by atoms with E-state index in [1.165, 1.54) is 0 Å². The van der Waals surface area contributed by atoms with Crippen LogP contribution in [-0.4, -0.2) is 50.1 Å². The fourth-order valence-corrected chi connectivity index (χ4v) is 1.78. The molecule has 15 heavy (non-hydrogen) atoms. The van der Waals surface area contributed by atoms with Gasteiger partial charge >= 0.3 is 0 Å². The minimum atomic E-state index is 0.0480. The van der Waals surface area contributed by atoms with Gasteiger partial charge in [0.05, 0.1) is 6.04 Å². The van der Waals surface area contributed by atoms with Gasteiger partial charge in [-0.25, -0.2) is 0 Å². The summed E-state index contributed by atoms with van der Waals surface area (Å²) in [4.78, 5) is 13.8. The van der Waals surface area contributed by atoms with Gasteiger partial charge in [-0.1, -0.05) is 0 Å². The second kappa shape index (κ2) is 6.08. The van der Waals surface area contributed by atoms with Crippen LogP contribution in [0.1, 0.15) is 26.2 Å². The Morgan fingerprint density at radius 1 is 1.60 bits per heavy atom. The molecule has 0 saturated carbocycles. The molecule has 0 aliphatic carbocycles. The lowest BCUT2D eigenvalue weighted by Gasteiger charge is -2.19. The fourth-order valence-electron chi connectivity index (χ4n) is 1.78. The Bertz CT molecular complexity index is 200. The van der Waals surface area contributed by atoms with E-state index in [9.17, 15) is 4.79 Å². The van der Waals surface area contributed by atoms with Gasteiger partial charge < -0.3 is 15.5 Å². The molecule has 1 rings (SSSR count). The first-order valence-electron chi connectivity index (χ1n) is 5.78. The molecule has 88 valence electrons. The van der Waals surface area contributed by atoms with E-state index in [-0.39, 0.29) is 18.0 Å². The zero-order chi connectivity index (χ0) is 11.3. The second-order valence-corrected chi connectivity index (χ2v) is 4.65. The van der Waals surface area contributed by atoms with Gasteiger partial charge in [0.25, 0.3) is 0 Å². The van der Waals surface area contributed by atoms with E-state index in [1.54, 1.807) is 0 Å². The van der Waals surface area contributed by atoms with Gasteiger partial charge in [-0.3, -0.25) is 4.79 Å². The van der Waals surface area contributed by atoms with Crippen LogP contribution < -0.4 is 10.6 Å². The maximum atomic E-state index is 11.7. The lowest BCUT2D eigenvalue weighted by molar-refractivity contribution is -0.123. The molecule has 1 aliphatic rings. The number of nitrogens with one attached hydrogen (secondary N) is 2. The quantitative estimate of drug-likeness (QED) is 0.685. The molecule has 4 nitrogen and oxygen atoms in total. The average Bonchev–Trinajstić information content (AvgIpc) is 2.67. The molecule has 0 radical (unpaired) electrons. The van der Waals surface area contributed by atoms with Crippen LogP contribution in [0, 0.1) is 0 Å². The summed E-state index contributed by atoms with van der Waals surface area (Å²) in [6, 6.07) is 0.314. The smallest absolute Gasteiger partial charge is 0.237 e. The van der Waals surface area contributed by atoms with Crippen molar-refractivity contribution < 1.29 is 4.79 Å². The third kappa shape index (κ3) is 4.62. The van der Waals surface area contributed by atoms with E-state index in [2.05, 4.69) is 22.5 Å². The molecule has 0 spiro atoms. The number of carbonyl (C=O) groups is 1. The first kappa shape index (κ1) is 12.5. The van der Waals surface area contributed by atoms with Crippen LogP contribution in [0.15, 0.2) is 0 Å². The van der Waals surface area contributed by atoms with Crippen LogP contribution in [0.3, 0.4) is 0 Å². The molecule has 2 N–H and O–H groups in total. The van der Waals surface area contributed by atoms with Crippen molar-refractivity contribution in [3.8, 4) is 0 Å². The van der Waals surface area contributed by atoms with Crippen molar-refractivity contribution in [2.24, 2.45) is 0 Å². The second-order valence-electron chi connectivity index (χ2n) is 4.65.